The van der Waals surface area contributed by atoms with Gasteiger partial charge in [0, 0.05) is 6.04 Å². The van der Waals surface area contributed by atoms with Gasteiger partial charge in [0.05, 0.1) is 31.9 Å². The van der Waals surface area contributed by atoms with E-state index in [1.54, 1.807) is 29.7 Å². The van der Waals surface area contributed by atoms with Crippen molar-refractivity contribution in [2.75, 3.05) is 5.32 Å². The van der Waals surface area contributed by atoms with Crippen LogP contribution in [0.4, 0.5) is 5.69 Å². The number of thioether (sulfide) groups is 1. The standard InChI is InChI=1S/C22H21Cl2N3O2S/c1-13(20(28)25-18-12-6-10-16(23)19(18)24)30-22-26-17-11-5-4-9-15(17)21(29)27(22)14-7-2-3-8-14/h4-6,9-14H,2-3,7-8H2,1H3,(H,25,28). The molecule has 0 spiro atoms. The van der Waals surface area contributed by atoms with Gasteiger partial charge in [0.1, 0.15) is 0 Å². The minimum atomic E-state index is -0.485. The lowest BCUT2D eigenvalue weighted by atomic mass is 10.2. The van der Waals surface area contributed by atoms with E-state index in [0.717, 1.165) is 25.7 Å². The van der Waals surface area contributed by atoms with E-state index in [1.807, 2.05) is 24.3 Å². The van der Waals surface area contributed by atoms with Gasteiger partial charge >= 0.3 is 0 Å². The molecule has 0 bridgehead atoms. The summed E-state index contributed by atoms with van der Waals surface area (Å²) in [7, 11) is 0. The lowest BCUT2D eigenvalue weighted by Gasteiger charge is -2.20. The molecule has 1 atom stereocenters. The maximum atomic E-state index is 13.2. The predicted octanol–water partition coefficient (Wildman–Crippen LogP) is 5.94. The van der Waals surface area contributed by atoms with Crippen molar-refractivity contribution in [3.8, 4) is 0 Å². The molecule has 3 aromatic rings. The summed E-state index contributed by atoms with van der Waals surface area (Å²) < 4.78 is 1.79. The van der Waals surface area contributed by atoms with Gasteiger partial charge in [-0.25, -0.2) is 4.98 Å². The van der Waals surface area contributed by atoms with E-state index >= 15 is 0 Å². The maximum Gasteiger partial charge on any atom is 0.262 e. The third-order valence-electron chi connectivity index (χ3n) is 5.33. The highest BCUT2D eigenvalue weighted by Crippen LogP contribution is 2.34. The Morgan fingerprint density at radius 3 is 2.67 bits per heavy atom. The molecular weight excluding hydrogens is 441 g/mol. The number of hydrogen-bond donors (Lipinski definition) is 1. The van der Waals surface area contributed by atoms with Crippen molar-refractivity contribution in [2.24, 2.45) is 0 Å². The minimum absolute atomic E-state index is 0.0412. The highest BCUT2D eigenvalue weighted by molar-refractivity contribution is 8.00. The fraction of sp³-hybridized carbons (Fsp3) is 0.318. The molecule has 30 heavy (non-hydrogen) atoms. The molecular formula is C22H21Cl2N3O2S. The molecule has 1 aromatic heterocycles. The number of nitrogens with zero attached hydrogens (tertiary/aromatic N) is 2. The summed E-state index contributed by atoms with van der Waals surface area (Å²) >= 11 is 13.5. The van der Waals surface area contributed by atoms with Crippen LogP contribution in [0.15, 0.2) is 52.4 Å². The zero-order valence-electron chi connectivity index (χ0n) is 16.4. The summed E-state index contributed by atoms with van der Waals surface area (Å²) in [6.45, 7) is 1.79. The van der Waals surface area contributed by atoms with Crippen LogP contribution < -0.4 is 10.9 Å². The van der Waals surface area contributed by atoms with Gasteiger partial charge in [-0.2, -0.15) is 0 Å². The second-order valence-corrected chi connectivity index (χ2v) is 9.47. The van der Waals surface area contributed by atoms with Crippen LogP contribution in [0.5, 0.6) is 0 Å². The number of fused-ring (bicyclic) bond motifs is 1. The monoisotopic (exact) mass is 461 g/mol. The summed E-state index contributed by atoms with van der Waals surface area (Å²) in [5, 5.41) is 4.20. The largest absolute Gasteiger partial charge is 0.324 e. The third kappa shape index (κ3) is 4.22. The predicted molar refractivity (Wildman–Crippen MR) is 124 cm³/mol. The number of nitrogens with one attached hydrogen (secondary N) is 1. The minimum Gasteiger partial charge on any atom is -0.324 e. The van der Waals surface area contributed by atoms with Gasteiger partial charge in [0.15, 0.2) is 5.16 Å². The van der Waals surface area contributed by atoms with Crippen LogP contribution in [0.3, 0.4) is 0 Å². The molecule has 0 radical (unpaired) electrons. The van der Waals surface area contributed by atoms with Gasteiger partial charge in [0.25, 0.3) is 5.56 Å². The molecule has 1 aliphatic carbocycles. The Bertz CT molecular complexity index is 1160. The number of aromatic nitrogens is 2. The molecule has 0 saturated heterocycles. The van der Waals surface area contributed by atoms with E-state index in [1.165, 1.54) is 11.8 Å². The van der Waals surface area contributed by atoms with Crippen LogP contribution >= 0.6 is 35.0 Å². The fourth-order valence-electron chi connectivity index (χ4n) is 3.74. The third-order valence-corrected chi connectivity index (χ3v) is 7.21. The van der Waals surface area contributed by atoms with E-state index < -0.39 is 5.25 Å². The number of amides is 1. The molecule has 1 saturated carbocycles. The quantitative estimate of drug-likeness (QED) is 0.377. The van der Waals surface area contributed by atoms with Crippen LogP contribution in [-0.4, -0.2) is 20.7 Å². The number of anilines is 1. The SMILES string of the molecule is CC(Sc1nc2ccccc2c(=O)n1C1CCCC1)C(=O)Nc1cccc(Cl)c1Cl. The van der Waals surface area contributed by atoms with Crippen molar-refractivity contribution in [3.05, 3.63) is 62.9 Å². The molecule has 156 valence electrons. The molecule has 8 heteroatoms. The first kappa shape index (κ1) is 21.2. The lowest BCUT2D eigenvalue weighted by Crippen LogP contribution is -2.29. The van der Waals surface area contributed by atoms with Crippen molar-refractivity contribution < 1.29 is 4.79 Å². The Morgan fingerprint density at radius 2 is 1.90 bits per heavy atom. The van der Waals surface area contributed by atoms with E-state index in [2.05, 4.69) is 5.32 Å². The Morgan fingerprint density at radius 1 is 1.17 bits per heavy atom. The van der Waals surface area contributed by atoms with Crippen LogP contribution in [-0.2, 0) is 4.79 Å². The molecule has 4 rings (SSSR count). The van der Waals surface area contributed by atoms with Crippen molar-refractivity contribution in [3.63, 3.8) is 0 Å². The number of halogens is 2. The Kier molecular flexibility index (Phi) is 6.37. The van der Waals surface area contributed by atoms with Crippen molar-refractivity contribution in [1.29, 1.82) is 0 Å². The number of carbonyl (C=O) groups excluding carboxylic acids is 1. The van der Waals surface area contributed by atoms with Gasteiger partial charge in [-0.05, 0) is 44.0 Å². The maximum absolute atomic E-state index is 13.2. The van der Waals surface area contributed by atoms with Gasteiger partial charge in [-0.1, -0.05) is 66.0 Å². The molecule has 1 amide bonds. The molecule has 2 aromatic carbocycles. The van der Waals surface area contributed by atoms with E-state index in [9.17, 15) is 9.59 Å². The Labute approximate surface area is 188 Å². The van der Waals surface area contributed by atoms with Crippen molar-refractivity contribution in [2.45, 2.75) is 49.1 Å². The zero-order valence-corrected chi connectivity index (χ0v) is 18.7. The average Bonchev–Trinajstić information content (AvgIpc) is 3.26. The van der Waals surface area contributed by atoms with E-state index in [-0.39, 0.29) is 17.5 Å². The van der Waals surface area contributed by atoms with Gasteiger partial charge in [0.2, 0.25) is 5.91 Å². The molecule has 1 N–H and O–H groups in total. The van der Waals surface area contributed by atoms with Gasteiger partial charge in [-0.15, -0.1) is 0 Å². The van der Waals surface area contributed by atoms with Crippen LogP contribution in [0.1, 0.15) is 38.6 Å². The second kappa shape index (κ2) is 9.00. The molecule has 1 heterocycles. The second-order valence-electron chi connectivity index (χ2n) is 7.38. The van der Waals surface area contributed by atoms with E-state index in [4.69, 9.17) is 28.2 Å². The fourth-order valence-corrected chi connectivity index (χ4v) is 5.07. The first-order valence-corrected chi connectivity index (χ1v) is 11.5. The summed E-state index contributed by atoms with van der Waals surface area (Å²) in [6, 6.07) is 12.6. The van der Waals surface area contributed by atoms with Gasteiger partial charge < -0.3 is 5.32 Å². The molecule has 1 unspecified atom stereocenters. The molecule has 0 aliphatic heterocycles. The number of para-hydroxylation sites is 1. The first-order chi connectivity index (χ1) is 14.5. The summed E-state index contributed by atoms with van der Waals surface area (Å²) in [4.78, 5) is 30.8. The van der Waals surface area contributed by atoms with Crippen LogP contribution in [0, 0.1) is 0 Å². The zero-order chi connectivity index (χ0) is 21.3. The number of carbonyl (C=O) groups is 1. The lowest BCUT2D eigenvalue weighted by molar-refractivity contribution is -0.115. The highest BCUT2D eigenvalue weighted by Gasteiger charge is 2.26. The van der Waals surface area contributed by atoms with Gasteiger partial charge in [-0.3, -0.25) is 14.2 Å². The van der Waals surface area contributed by atoms with E-state index in [0.29, 0.717) is 31.8 Å². The number of hydrogen-bond acceptors (Lipinski definition) is 4. The summed E-state index contributed by atoms with van der Waals surface area (Å²) in [5.41, 5.74) is 1.06. The number of benzene rings is 2. The van der Waals surface area contributed by atoms with Crippen molar-refractivity contribution >= 4 is 57.5 Å². The summed E-state index contributed by atoms with van der Waals surface area (Å²) in [5.74, 6) is -0.232. The molecule has 1 aliphatic rings. The average molecular weight is 462 g/mol. The topological polar surface area (TPSA) is 64.0 Å². The number of rotatable bonds is 5. The smallest absolute Gasteiger partial charge is 0.262 e. The molecule has 1 fully saturated rings. The Balaban J connectivity index is 1.65. The first-order valence-electron chi connectivity index (χ1n) is 9.88. The Hall–Kier alpha value is -2.02. The van der Waals surface area contributed by atoms with Crippen molar-refractivity contribution in [1.82, 2.24) is 9.55 Å². The van der Waals surface area contributed by atoms with Crippen LogP contribution in [0.25, 0.3) is 10.9 Å². The summed E-state index contributed by atoms with van der Waals surface area (Å²) in [6.07, 6.45) is 4.09. The normalized spacial score (nSPS) is 15.4. The highest BCUT2D eigenvalue weighted by atomic mass is 35.5. The van der Waals surface area contributed by atoms with Crippen LogP contribution in [0.2, 0.25) is 10.0 Å². The molecule has 5 nitrogen and oxygen atoms in total.